The number of sulfonamides is 1. The third kappa shape index (κ3) is 4.08. The molecule has 8 heteroatoms. The average Bonchev–Trinajstić information content (AvgIpc) is 2.89. The minimum Gasteiger partial charge on any atom is -0.318 e. The molecule has 0 fully saturated rings. The Balaban J connectivity index is 0.00000288. The molecule has 1 heterocycles. The zero-order chi connectivity index (χ0) is 17.3. The highest BCUT2D eigenvalue weighted by atomic mass is 35.5. The molecular formula is C16H26ClN3O3S. The van der Waals surface area contributed by atoms with E-state index in [1.165, 1.54) is 0 Å². The van der Waals surface area contributed by atoms with Crippen LogP contribution < -0.4 is 15.4 Å². The predicted molar refractivity (Wildman–Crippen MR) is 98.1 cm³/mol. The molecule has 0 saturated heterocycles. The van der Waals surface area contributed by atoms with Crippen LogP contribution in [0.5, 0.6) is 0 Å². The lowest BCUT2D eigenvalue weighted by molar-refractivity contribution is -0.123. The van der Waals surface area contributed by atoms with Gasteiger partial charge in [-0.05, 0) is 37.5 Å². The molecule has 1 aliphatic rings. The Morgan fingerprint density at radius 2 is 2.04 bits per heavy atom. The van der Waals surface area contributed by atoms with E-state index in [1.54, 1.807) is 36.9 Å². The summed E-state index contributed by atoms with van der Waals surface area (Å²) in [4.78, 5) is 14.5. The summed E-state index contributed by atoms with van der Waals surface area (Å²) in [5.74, 6) is -0.156. The van der Waals surface area contributed by atoms with E-state index in [0.29, 0.717) is 31.6 Å². The number of nitrogens with two attached hydrogens (primary N) is 1. The van der Waals surface area contributed by atoms with Gasteiger partial charge in [-0.3, -0.25) is 4.79 Å². The van der Waals surface area contributed by atoms with Crippen molar-refractivity contribution < 1.29 is 13.2 Å². The van der Waals surface area contributed by atoms with E-state index >= 15 is 0 Å². The van der Waals surface area contributed by atoms with Crippen LogP contribution in [-0.2, 0) is 21.2 Å². The topological polar surface area (TPSA) is 92.5 Å². The lowest BCUT2D eigenvalue weighted by Crippen LogP contribution is -2.53. The zero-order valence-electron chi connectivity index (χ0n) is 14.3. The summed E-state index contributed by atoms with van der Waals surface area (Å²) in [6.07, 6.45) is 2.12. The summed E-state index contributed by atoms with van der Waals surface area (Å²) in [6, 6.07) is 4.93. The number of fused-ring (bicyclic) bond motifs is 1. The fraction of sp³-hybridized carbons (Fsp3) is 0.562. The lowest BCUT2D eigenvalue weighted by Gasteiger charge is -2.29. The Morgan fingerprint density at radius 1 is 1.38 bits per heavy atom. The summed E-state index contributed by atoms with van der Waals surface area (Å²) in [6.45, 7) is 6.30. The van der Waals surface area contributed by atoms with E-state index in [4.69, 9.17) is 5.73 Å². The molecule has 136 valence electrons. The molecule has 1 aliphatic heterocycles. The first-order valence-electron chi connectivity index (χ1n) is 7.96. The fourth-order valence-electron chi connectivity index (χ4n) is 2.95. The van der Waals surface area contributed by atoms with Crippen LogP contribution in [-0.4, -0.2) is 33.0 Å². The van der Waals surface area contributed by atoms with E-state index in [-0.39, 0.29) is 23.2 Å². The molecule has 1 unspecified atom stereocenters. The molecule has 0 aliphatic carbocycles. The summed E-state index contributed by atoms with van der Waals surface area (Å²) in [7, 11) is -3.55. The van der Waals surface area contributed by atoms with Crippen molar-refractivity contribution in [2.45, 2.75) is 50.5 Å². The van der Waals surface area contributed by atoms with E-state index in [2.05, 4.69) is 4.72 Å². The first-order valence-corrected chi connectivity index (χ1v) is 9.44. The van der Waals surface area contributed by atoms with Gasteiger partial charge in [0.05, 0.1) is 10.4 Å². The van der Waals surface area contributed by atoms with Crippen molar-refractivity contribution in [1.82, 2.24) is 4.72 Å². The quantitative estimate of drug-likeness (QED) is 0.793. The molecular weight excluding hydrogens is 350 g/mol. The molecule has 6 nitrogen and oxygen atoms in total. The van der Waals surface area contributed by atoms with Crippen LogP contribution in [0.25, 0.3) is 0 Å². The summed E-state index contributed by atoms with van der Waals surface area (Å²) < 4.78 is 26.8. The van der Waals surface area contributed by atoms with Crippen LogP contribution >= 0.6 is 12.4 Å². The molecule has 24 heavy (non-hydrogen) atoms. The van der Waals surface area contributed by atoms with Gasteiger partial charge in [0, 0.05) is 18.8 Å². The number of rotatable bonds is 6. The predicted octanol–water partition coefficient (Wildman–Crippen LogP) is 1.81. The second-order valence-corrected chi connectivity index (χ2v) is 7.93. The molecule has 1 aromatic rings. The second-order valence-electron chi connectivity index (χ2n) is 6.17. The molecule has 0 spiro atoms. The normalized spacial score (nSPS) is 16.2. The number of carbonyl (C=O) groups is 1. The molecule has 0 radical (unpaired) electrons. The third-order valence-electron chi connectivity index (χ3n) is 4.10. The van der Waals surface area contributed by atoms with E-state index in [0.717, 1.165) is 12.0 Å². The fourth-order valence-corrected chi connectivity index (χ4v) is 4.01. The average molecular weight is 376 g/mol. The van der Waals surface area contributed by atoms with Crippen molar-refractivity contribution in [3.63, 3.8) is 0 Å². The minimum atomic E-state index is -3.55. The lowest BCUT2D eigenvalue weighted by atomic mass is 9.95. The number of hydrogen-bond donors (Lipinski definition) is 2. The van der Waals surface area contributed by atoms with Gasteiger partial charge < -0.3 is 10.6 Å². The molecule has 2 rings (SSSR count). The Kier molecular flexibility index (Phi) is 6.81. The zero-order valence-corrected chi connectivity index (χ0v) is 16.0. The highest BCUT2D eigenvalue weighted by molar-refractivity contribution is 7.89. The number of anilines is 1. The van der Waals surface area contributed by atoms with E-state index < -0.39 is 15.6 Å². The number of nitrogens with zero attached hydrogens (tertiary/aromatic N) is 1. The van der Waals surface area contributed by atoms with Crippen molar-refractivity contribution >= 4 is 34.0 Å². The maximum absolute atomic E-state index is 12.7. The van der Waals surface area contributed by atoms with Gasteiger partial charge in [0.15, 0.2) is 0 Å². The molecule has 0 aromatic heterocycles. The summed E-state index contributed by atoms with van der Waals surface area (Å²) >= 11 is 0. The largest absolute Gasteiger partial charge is 0.318 e. The summed E-state index contributed by atoms with van der Waals surface area (Å²) in [5, 5.41) is 0. The number of benzene rings is 1. The number of amides is 1. The van der Waals surface area contributed by atoms with Crippen molar-refractivity contribution in [2.75, 3.05) is 18.0 Å². The Morgan fingerprint density at radius 3 is 2.62 bits per heavy atom. The first-order chi connectivity index (χ1) is 10.7. The minimum absolute atomic E-state index is 0. The number of nitrogens with one attached hydrogen (secondary N) is 1. The van der Waals surface area contributed by atoms with Crippen LogP contribution in [0.3, 0.4) is 0 Å². The van der Waals surface area contributed by atoms with Crippen molar-refractivity contribution in [2.24, 2.45) is 5.73 Å². The SMILES string of the molecule is CCCC(C)(N)C(=O)N1CCc2ccc(S(=O)(=O)NCC)cc21.Cl. The smallest absolute Gasteiger partial charge is 0.246 e. The molecule has 1 aromatic carbocycles. The van der Waals surface area contributed by atoms with Gasteiger partial charge in [-0.1, -0.05) is 26.3 Å². The van der Waals surface area contributed by atoms with Crippen LogP contribution in [0.1, 0.15) is 39.2 Å². The van der Waals surface area contributed by atoms with E-state index in [1.807, 2.05) is 6.92 Å². The van der Waals surface area contributed by atoms with Crippen LogP contribution in [0.2, 0.25) is 0 Å². The van der Waals surface area contributed by atoms with Crippen LogP contribution in [0.4, 0.5) is 5.69 Å². The maximum Gasteiger partial charge on any atom is 0.246 e. The van der Waals surface area contributed by atoms with Gasteiger partial charge >= 0.3 is 0 Å². The van der Waals surface area contributed by atoms with E-state index in [9.17, 15) is 13.2 Å². The monoisotopic (exact) mass is 375 g/mol. The highest BCUT2D eigenvalue weighted by Gasteiger charge is 2.36. The van der Waals surface area contributed by atoms with Gasteiger partial charge in [0.25, 0.3) is 0 Å². The van der Waals surface area contributed by atoms with Gasteiger partial charge in [0.2, 0.25) is 15.9 Å². The van der Waals surface area contributed by atoms with Crippen molar-refractivity contribution in [3.8, 4) is 0 Å². The Labute approximate surface area is 150 Å². The Hall–Kier alpha value is -1.15. The summed E-state index contributed by atoms with van der Waals surface area (Å²) in [5.41, 5.74) is 6.85. The Bertz CT molecular complexity index is 705. The molecule has 0 bridgehead atoms. The van der Waals surface area contributed by atoms with Gasteiger partial charge in [0.1, 0.15) is 0 Å². The van der Waals surface area contributed by atoms with Crippen LogP contribution in [0.15, 0.2) is 23.1 Å². The van der Waals surface area contributed by atoms with Crippen molar-refractivity contribution in [3.05, 3.63) is 23.8 Å². The standard InChI is InChI=1S/C16H25N3O3S.ClH/c1-4-9-16(3,17)15(20)19-10-8-12-6-7-13(11-14(12)19)23(21,22)18-5-2;/h6-7,11,18H,4-5,8-10,17H2,1-3H3;1H. The van der Waals surface area contributed by atoms with Gasteiger partial charge in [-0.15, -0.1) is 12.4 Å². The molecule has 1 amide bonds. The van der Waals surface area contributed by atoms with Crippen molar-refractivity contribution in [1.29, 1.82) is 0 Å². The third-order valence-corrected chi connectivity index (χ3v) is 5.64. The number of carbonyl (C=O) groups excluding carboxylic acids is 1. The molecule has 0 saturated carbocycles. The maximum atomic E-state index is 12.7. The van der Waals surface area contributed by atoms with Gasteiger partial charge in [-0.2, -0.15) is 0 Å². The number of halogens is 1. The highest BCUT2D eigenvalue weighted by Crippen LogP contribution is 2.32. The van der Waals surface area contributed by atoms with Crippen LogP contribution in [0, 0.1) is 0 Å². The second kappa shape index (κ2) is 7.82. The molecule has 1 atom stereocenters. The first kappa shape index (κ1) is 20.9. The van der Waals surface area contributed by atoms with Gasteiger partial charge in [-0.25, -0.2) is 13.1 Å². The number of hydrogen-bond acceptors (Lipinski definition) is 4. The molecule has 3 N–H and O–H groups in total.